The van der Waals surface area contributed by atoms with Crippen LogP contribution in [0.2, 0.25) is 0 Å². The summed E-state index contributed by atoms with van der Waals surface area (Å²) in [5.41, 5.74) is 0. The van der Waals surface area contributed by atoms with Crippen LogP contribution < -0.4 is 0 Å². The molecule has 4 aromatic rings. The lowest BCUT2D eigenvalue weighted by atomic mass is 9.94. The lowest BCUT2D eigenvalue weighted by Gasteiger charge is -2.11. The molecule has 0 saturated carbocycles. The Morgan fingerprint density at radius 1 is 0.591 bits per heavy atom. The molecule has 108 valence electrons. The molecule has 0 heterocycles. The largest absolute Gasteiger partial charge is 0.224 e. The van der Waals surface area contributed by atoms with E-state index in [9.17, 15) is 8.42 Å². The van der Waals surface area contributed by atoms with Gasteiger partial charge in [0.1, 0.15) is 0 Å². The van der Waals surface area contributed by atoms with E-state index in [4.69, 9.17) is 0 Å². The first-order valence-electron chi connectivity index (χ1n) is 7.09. The molecule has 3 heteroatoms. The summed E-state index contributed by atoms with van der Waals surface area (Å²) in [6.45, 7) is 0. The zero-order chi connectivity index (χ0) is 15.3. The molecule has 2 nitrogen and oxygen atoms in total. The van der Waals surface area contributed by atoms with Gasteiger partial charge in [-0.1, -0.05) is 54.6 Å². The zero-order valence-corrected chi connectivity index (χ0v) is 12.9. The van der Waals surface area contributed by atoms with E-state index in [0.29, 0.717) is 4.90 Å². The van der Waals surface area contributed by atoms with E-state index in [2.05, 4.69) is 24.3 Å². The summed E-state index contributed by atoms with van der Waals surface area (Å²) in [5, 5.41) is 6.64. The highest BCUT2D eigenvalue weighted by molar-refractivity contribution is 7.90. The fourth-order valence-corrected chi connectivity index (χ4v) is 3.76. The minimum absolute atomic E-state index is 0.362. The van der Waals surface area contributed by atoms with Crippen LogP contribution in [0, 0.1) is 0 Å². The van der Waals surface area contributed by atoms with Gasteiger partial charge in [-0.15, -0.1) is 0 Å². The summed E-state index contributed by atoms with van der Waals surface area (Å²) in [5.74, 6) is 0. The van der Waals surface area contributed by atoms with Crippen molar-refractivity contribution in [2.24, 2.45) is 0 Å². The van der Waals surface area contributed by atoms with Crippen LogP contribution in [0.3, 0.4) is 0 Å². The Hall–Kier alpha value is -2.39. The van der Waals surface area contributed by atoms with Gasteiger partial charge in [-0.05, 0) is 44.5 Å². The van der Waals surface area contributed by atoms with Gasteiger partial charge in [0.25, 0.3) is 0 Å². The van der Waals surface area contributed by atoms with Crippen LogP contribution in [-0.2, 0) is 9.84 Å². The maximum absolute atomic E-state index is 11.9. The quantitative estimate of drug-likeness (QED) is 0.483. The van der Waals surface area contributed by atoms with Gasteiger partial charge in [-0.2, -0.15) is 0 Å². The van der Waals surface area contributed by atoms with E-state index < -0.39 is 9.84 Å². The van der Waals surface area contributed by atoms with E-state index in [1.807, 2.05) is 30.3 Å². The fourth-order valence-electron chi connectivity index (χ4n) is 3.12. The molecule has 0 spiro atoms. The minimum atomic E-state index is -3.22. The number of rotatable bonds is 1. The molecule has 0 aliphatic rings. The Balaban J connectivity index is 2.32. The van der Waals surface area contributed by atoms with Gasteiger partial charge < -0.3 is 0 Å². The zero-order valence-electron chi connectivity index (χ0n) is 12.1. The smallest absolute Gasteiger partial charge is 0.175 e. The molecular weight excluding hydrogens is 292 g/mol. The molecule has 4 rings (SSSR count). The van der Waals surface area contributed by atoms with Gasteiger partial charge in [0.05, 0.1) is 4.90 Å². The maximum atomic E-state index is 11.9. The molecule has 0 saturated heterocycles. The Kier molecular flexibility index (Phi) is 2.75. The van der Waals surface area contributed by atoms with Gasteiger partial charge in [-0.25, -0.2) is 8.42 Å². The fraction of sp³-hybridized carbons (Fsp3) is 0.0526. The number of fused-ring (bicyclic) bond motifs is 6. The first-order chi connectivity index (χ1) is 10.6. The van der Waals surface area contributed by atoms with Crippen molar-refractivity contribution in [3.63, 3.8) is 0 Å². The third-order valence-electron chi connectivity index (χ3n) is 4.14. The third kappa shape index (κ3) is 1.90. The number of sulfone groups is 1. The molecule has 0 aliphatic heterocycles. The maximum Gasteiger partial charge on any atom is 0.175 e. The number of benzene rings is 4. The van der Waals surface area contributed by atoms with Crippen LogP contribution >= 0.6 is 0 Å². The van der Waals surface area contributed by atoms with Crippen LogP contribution in [0.15, 0.2) is 71.6 Å². The summed E-state index contributed by atoms with van der Waals surface area (Å²) in [7, 11) is -3.22. The Labute approximate surface area is 128 Å². The second-order valence-corrected chi connectivity index (χ2v) is 7.59. The monoisotopic (exact) mass is 306 g/mol. The highest BCUT2D eigenvalue weighted by Gasteiger charge is 2.12. The Morgan fingerprint density at radius 2 is 1.00 bits per heavy atom. The van der Waals surface area contributed by atoms with Gasteiger partial charge in [0.2, 0.25) is 0 Å². The minimum Gasteiger partial charge on any atom is -0.224 e. The van der Waals surface area contributed by atoms with Crippen molar-refractivity contribution < 1.29 is 8.42 Å². The van der Waals surface area contributed by atoms with Crippen LogP contribution in [-0.4, -0.2) is 14.7 Å². The van der Waals surface area contributed by atoms with Gasteiger partial charge in [0.15, 0.2) is 9.84 Å². The molecule has 0 aromatic heterocycles. The molecule has 0 atom stereocenters. The van der Waals surface area contributed by atoms with Crippen molar-refractivity contribution >= 4 is 42.2 Å². The summed E-state index contributed by atoms with van der Waals surface area (Å²) >= 11 is 0. The van der Waals surface area contributed by atoms with Crippen molar-refractivity contribution in [3.8, 4) is 0 Å². The van der Waals surface area contributed by atoms with E-state index in [1.54, 1.807) is 12.1 Å². The standard InChI is InChI=1S/C19H14O2S/c1-22(20,21)13-10-11-18-16-8-3-2-6-14(16)15-7-4-5-9-17(15)19(18)12-13/h2-12H,1H3. The summed E-state index contributed by atoms with van der Waals surface area (Å²) in [6, 6.07) is 21.8. The van der Waals surface area contributed by atoms with E-state index in [-0.39, 0.29) is 0 Å². The lowest BCUT2D eigenvalue weighted by molar-refractivity contribution is 0.602. The summed E-state index contributed by atoms with van der Waals surface area (Å²) in [6.07, 6.45) is 1.25. The second-order valence-electron chi connectivity index (χ2n) is 5.57. The summed E-state index contributed by atoms with van der Waals surface area (Å²) < 4.78 is 23.8. The molecule has 4 aromatic carbocycles. The van der Waals surface area contributed by atoms with E-state index in [1.165, 1.54) is 11.6 Å². The van der Waals surface area contributed by atoms with Crippen LogP contribution in [0.25, 0.3) is 32.3 Å². The molecule has 0 aliphatic carbocycles. The van der Waals surface area contributed by atoms with Gasteiger partial charge >= 0.3 is 0 Å². The van der Waals surface area contributed by atoms with E-state index >= 15 is 0 Å². The first-order valence-corrected chi connectivity index (χ1v) is 8.98. The molecule has 22 heavy (non-hydrogen) atoms. The molecule has 0 radical (unpaired) electrons. The number of hydrogen-bond donors (Lipinski definition) is 0. The van der Waals surface area contributed by atoms with Crippen molar-refractivity contribution in [1.82, 2.24) is 0 Å². The SMILES string of the molecule is CS(=O)(=O)c1ccc2c3ccccc3c3ccccc3c2c1. The van der Waals surface area contributed by atoms with Crippen molar-refractivity contribution in [2.75, 3.05) is 6.26 Å². The van der Waals surface area contributed by atoms with Crippen molar-refractivity contribution in [3.05, 3.63) is 66.7 Å². The molecule has 0 unspecified atom stereocenters. The summed E-state index contributed by atoms with van der Waals surface area (Å²) in [4.78, 5) is 0.362. The van der Waals surface area contributed by atoms with Crippen molar-refractivity contribution in [1.29, 1.82) is 0 Å². The first kappa shape index (κ1) is 13.3. The van der Waals surface area contributed by atoms with Gasteiger partial charge in [0, 0.05) is 6.26 Å². The van der Waals surface area contributed by atoms with Crippen LogP contribution in [0.5, 0.6) is 0 Å². The predicted molar refractivity (Wildman–Crippen MR) is 92.1 cm³/mol. The van der Waals surface area contributed by atoms with Crippen molar-refractivity contribution in [2.45, 2.75) is 4.90 Å². The Morgan fingerprint density at radius 3 is 1.45 bits per heavy atom. The topological polar surface area (TPSA) is 34.1 Å². The molecule has 0 N–H and O–H groups in total. The normalized spacial score (nSPS) is 12.2. The van der Waals surface area contributed by atoms with Crippen LogP contribution in [0.1, 0.15) is 0 Å². The number of hydrogen-bond acceptors (Lipinski definition) is 2. The average Bonchev–Trinajstić information content (AvgIpc) is 2.54. The highest BCUT2D eigenvalue weighted by Crippen LogP contribution is 2.35. The molecule has 0 bridgehead atoms. The second kappa shape index (κ2) is 4.55. The molecule has 0 fully saturated rings. The average molecular weight is 306 g/mol. The molecular formula is C19H14O2S. The Bertz CT molecular complexity index is 1110. The third-order valence-corrected chi connectivity index (χ3v) is 5.25. The predicted octanol–water partition coefficient (Wildman–Crippen LogP) is 4.55. The van der Waals surface area contributed by atoms with Crippen LogP contribution in [0.4, 0.5) is 0 Å². The lowest BCUT2D eigenvalue weighted by Crippen LogP contribution is -1.96. The van der Waals surface area contributed by atoms with Gasteiger partial charge in [-0.3, -0.25) is 0 Å². The highest BCUT2D eigenvalue weighted by atomic mass is 32.2. The molecule has 0 amide bonds. The van der Waals surface area contributed by atoms with E-state index in [0.717, 1.165) is 26.9 Å².